The Morgan fingerprint density at radius 3 is 1.23 bits per heavy atom. The first kappa shape index (κ1) is 42.7. The third-order valence-electron chi connectivity index (χ3n) is 10.3. The second kappa shape index (κ2) is 30.4. The molecule has 3 heteroatoms. The highest BCUT2D eigenvalue weighted by Crippen LogP contribution is 2.43. The minimum atomic E-state index is -0.335. The second-order valence-corrected chi connectivity index (χ2v) is 14.7. The molecule has 0 amide bonds. The molecule has 1 heterocycles. The molecule has 1 N–H and O–H groups in total. The summed E-state index contributed by atoms with van der Waals surface area (Å²) >= 11 is 0. The zero-order chi connectivity index (χ0) is 34.2. The number of allylic oxidation sites excluding steroid dienone is 10. The Balaban J connectivity index is 1.54. The maximum atomic E-state index is 6.76. The van der Waals surface area contributed by atoms with Crippen molar-refractivity contribution in [1.29, 1.82) is 0 Å². The smallest absolute Gasteiger partial charge is 0.169 e. The van der Waals surface area contributed by atoms with Gasteiger partial charge in [-0.25, -0.2) is 0 Å². The van der Waals surface area contributed by atoms with Gasteiger partial charge in [-0.2, -0.15) is 0 Å². The normalized spacial score (nSPS) is 23.0. The van der Waals surface area contributed by atoms with Gasteiger partial charge in [0.05, 0.1) is 12.2 Å². The Kier molecular flexibility index (Phi) is 27.1. The first-order chi connectivity index (χ1) is 23.7. The number of unbranched alkanes of at least 4 members (excludes halogenated alkanes) is 17. The number of hydrogen-bond donors (Lipinski definition) is 1. The van der Waals surface area contributed by atoms with Crippen molar-refractivity contribution in [3.63, 3.8) is 0 Å². The van der Waals surface area contributed by atoms with E-state index in [0.717, 1.165) is 51.4 Å². The van der Waals surface area contributed by atoms with Crippen molar-refractivity contribution < 1.29 is 9.47 Å². The Morgan fingerprint density at radius 2 is 0.792 bits per heavy atom. The Bertz CT molecular complexity index is 856. The second-order valence-electron chi connectivity index (χ2n) is 14.7. The van der Waals surface area contributed by atoms with E-state index < -0.39 is 0 Å². The number of nitrogens with one attached hydrogen (secondary N) is 1. The van der Waals surface area contributed by atoms with Crippen LogP contribution in [0.2, 0.25) is 0 Å². The lowest BCUT2D eigenvalue weighted by Gasteiger charge is -2.30. The van der Waals surface area contributed by atoms with Gasteiger partial charge in [0.15, 0.2) is 5.79 Å². The average Bonchev–Trinajstić information content (AvgIpc) is 3.63. The van der Waals surface area contributed by atoms with Gasteiger partial charge in [-0.15, -0.1) is 0 Å². The molecule has 0 bridgehead atoms. The fraction of sp³-hybridized carbons (Fsp3) is 0.778. The first-order valence-corrected chi connectivity index (χ1v) is 21.0. The highest BCUT2D eigenvalue weighted by Gasteiger charge is 2.50. The minimum absolute atomic E-state index is 0.282. The summed E-state index contributed by atoms with van der Waals surface area (Å²) in [5.41, 5.74) is 0. The number of fused-ring (bicyclic) bond motifs is 1. The van der Waals surface area contributed by atoms with Gasteiger partial charge in [0.2, 0.25) is 0 Å². The lowest BCUT2D eigenvalue weighted by atomic mass is 9.99. The molecule has 2 fully saturated rings. The molecule has 3 nitrogen and oxygen atoms in total. The van der Waals surface area contributed by atoms with Crippen LogP contribution in [0.15, 0.2) is 60.8 Å². The third kappa shape index (κ3) is 21.6. The molecular formula is C45H79NO2. The molecule has 0 aromatic carbocycles. The van der Waals surface area contributed by atoms with E-state index in [2.05, 4.69) is 87.0 Å². The summed E-state index contributed by atoms with van der Waals surface area (Å²) in [6.07, 6.45) is 59.0. The molecule has 1 aliphatic carbocycles. The van der Waals surface area contributed by atoms with Crippen molar-refractivity contribution >= 4 is 0 Å². The highest BCUT2D eigenvalue weighted by atomic mass is 16.8. The van der Waals surface area contributed by atoms with Crippen LogP contribution in [0, 0.1) is 0 Å². The SMILES string of the molecule is CCCCCC/C=C\C/C=C\C/C=C\CCCCC1(CCCCCCCC/C=C\C/C=C\CCCCCCC)O[C@H]2C[C@H](NC)C[C@H]2O1. The summed E-state index contributed by atoms with van der Waals surface area (Å²) in [6.45, 7) is 4.56. The lowest BCUT2D eigenvalue weighted by molar-refractivity contribution is -0.191. The largest absolute Gasteiger partial charge is 0.344 e. The van der Waals surface area contributed by atoms with E-state index in [1.807, 2.05) is 0 Å². The zero-order valence-corrected chi connectivity index (χ0v) is 32.1. The molecular weight excluding hydrogens is 587 g/mol. The number of hydrogen-bond acceptors (Lipinski definition) is 3. The Labute approximate surface area is 299 Å². The van der Waals surface area contributed by atoms with Crippen LogP contribution in [0.25, 0.3) is 0 Å². The van der Waals surface area contributed by atoms with E-state index in [1.54, 1.807) is 0 Å². The van der Waals surface area contributed by atoms with Crippen LogP contribution < -0.4 is 5.32 Å². The topological polar surface area (TPSA) is 30.5 Å². The third-order valence-corrected chi connectivity index (χ3v) is 10.3. The van der Waals surface area contributed by atoms with Crippen molar-refractivity contribution in [2.24, 2.45) is 0 Å². The van der Waals surface area contributed by atoms with Gasteiger partial charge in [-0.05, 0) is 103 Å². The van der Waals surface area contributed by atoms with Gasteiger partial charge in [-0.1, -0.05) is 145 Å². The summed E-state index contributed by atoms with van der Waals surface area (Å²) in [5.74, 6) is -0.335. The number of ether oxygens (including phenoxy) is 2. The van der Waals surface area contributed by atoms with E-state index in [4.69, 9.17) is 9.47 Å². The molecule has 1 unspecified atom stereocenters. The monoisotopic (exact) mass is 666 g/mol. The fourth-order valence-electron chi connectivity index (χ4n) is 7.24. The van der Waals surface area contributed by atoms with Crippen LogP contribution >= 0.6 is 0 Å². The molecule has 0 spiro atoms. The van der Waals surface area contributed by atoms with Crippen molar-refractivity contribution in [3.8, 4) is 0 Å². The van der Waals surface area contributed by atoms with E-state index in [0.29, 0.717) is 6.04 Å². The van der Waals surface area contributed by atoms with Crippen LogP contribution in [0.3, 0.4) is 0 Å². The lowest BCUT2D eigenvalue weighted by Crippen LogP contribution is -2.34. The maximum absolute atomic E-state index is 6.76. The summed E-state index contributed by atoms with van der Waals surface area (Å²) in [7, 11) is 2.07. The minimum Gasteiger partial charge on any atom is -0.344 e. The van der Waals surface area contributed by atoms with Gasteiger partial charge < -0.3 is 14.8 Å². The van der Waals surface area contributed by atoms with E-state index >= 15 is 0 Å². The summed E-state index contributed by atoms with van der Waals surface area (Å²) < 4.78 is 13.5. The molecule has 2 aliphatic rings. The van der Waals surface area contributed by atoms with Gasteiger partial charge >= 0.3 is 0 Å². The summed E-state index contributed by atoms with van der Waals surface area (Å²) in [6, 6.07) is 0.542. The van der Waals surface area contributed by atoms with Gasteiger partial charge in [0, 0.05) is 18.9 Å². The fourth-order valence-corrected chi connectivity index (χ4v) is 7.24. The van der Waals surface area contributed by atoms with Gasteiger partial charge in [-0.3, -0.25) is 0 Å². The maximum Gasteiger partial charge on any atom is 0.169 e. The standard InChI is InChI=1S/C45H79NO2/c1-4-6-8-10-12-14-16-18-20-22-23-25-27-29-31-33-35-37-39-45(47-43-40-42(46-3)41-44(43)48-45)38-36-34-32-30-28-26-24-21-19-17-15-13-11-9-7-5-2/h15-18,21-24,28,30,42-44,46H,4-14,19-20,25-27,29,31-41H2,1-3H3/b17-15-,18-16-,23-22-,24-21-,30-28-/t42-,43-,44+,45?. The first-order valence-electron chi connectivity index (χ1n) is 21.0. The van der Waals surface area contributed by atoms with E-state index in [-0.39, 0.29) is 18.0 Å². The quantitative estimate of drug-likeness (QED) is 0.0573. The van der Waals surface area contributed by atoms with Crippen molar-refractivity contribution in [2.75, 3.05) is 7.05 Å². The van der Waals surface area contributed by atoms with Crippen LogP contribution in [0.4, 0.5) is 0 Å². The molecule has 48 heavy (non-hydrogen) atoms. The zero-order valence-electron chi connectivity index (χ0n) is 32.1. The average molecular weight is 666 g/mol. The van der Waals surface area contributed by atoms with E-state index in [1.165, 1.54) is 128 Å². The molecule has 0 aromatic rings. The molecule has 1 saturated heterocycles. The molecule has 2 rings (SSSR count). The van der Waals surface area contributed by atoms with Crippen LogP contribution in [0.5, 0.6) is 0 Å². The molecule has 4 atom stereocenters. The van der Waals surface area contributed by atoms with Gasteiger partial charge in [0.1, 0.15) is 0 Å². The van der Waals surface area contributed by atoms with Crippen LogP contribution in [-0.4, -0.2) is 31.1 Å². The summed E-state index contributed by atoms with van der Waals surface area (Å²) in [5, 5.41) is 3.44. The molecule has 1 saturated carbocycles. The van der Waals surface area contributed by atoms with Crippen molar-refractivity contribution in [3.05, 3.63) is 60.8 Å². The molecule has 1 aliphatic heterocycles. The molecule has 0 aromatic heterocycles. The van der Waals surface area contributed by atoms with Gasteiger partial charge in [0.25, 0.3) is 0 Å². The molecule has 0 radical (unpaired) electrons. The predicted octanol–water partition coefficient (Wildman–Crippen LogP) is 13.8. The molecule has 276 valence electrons. The van der Waals surface area contributed by atoms with Crippen molar-refractivity contribution in [1.82, 2.24) is 5.32 Å². The van der Waals surface area contributed by atoms with Crippen LogP contribution in [0.1, 0.15) is 194 Å². The highest BCUT2D eigenvalue weighted by molar-refractivity contribution is 4.98. The Morgan fingerprint density at radius 1 is 0.458 bits per heavy atom. The summed E-state index contributed by atoms with van der Waals surface area (Å²) in [4.78, 5) is 0. The number of rotatable bonds is 32. The van der Waals surface area contributed by atoms with Crippen LogP contribution in [-0.2, 0) is 9.47 Å². The Hall–Kier alpha value is -1.42. The predicted molar refractivity (Wildman–Crippen MR) is 212 cm³/mol. The van der Waals surface area contributed by atoms with E-state index in [9.17, 15) is 0 Å². The van der Waals surface area contributed by atoms with Crippen molar-refractivity contribution in [2.45, 2.75) is 218 Å².